The molecule has 0 amide bonds. The van der Waals surface area contributed by atoms with Gasteiger partial charge in [-0.1, -0.05) is 75.0 Å². The van der Waals surface area contributed by atoms with E-state index in [-0.39, 0.29) is 0 Å². The van der Waals surface area contributed by atoms with Crippen LogP contribution in [0, 0.1) is 5.41 Å². The topological polar surface area (TPSA) is 0 Å². The molecule has 1 heteroatoms. The zero-order chi connectivity index (χ0) is 15.5. The Morgan fingerprint density at radius 2 is 1.48 bits per heavy atom. The molecule has 1 aromatic carbocycles. The molecular weight excluding hydrogens is 320 g/mol. The van der Waals surface area contributed by atoms with Crippen LogP contribution in [0.1, 0.15) is 86.9 Å². The summed E-state index contributed by atoms with van der Waals surface area (Å²) >= 11 is 4.13. The predicted octanol–water partition coefficient (Wildman–Crippen LogP) is 6.78. The molecule has 0 aliphatic heterocycles. The number of rotatable bonds is 5. The van der Waals surface area contributed by atoms with Crippen LogP contribution in [0.4, 0.5) is 0 Å². The third kappa shape index (κ3) is 3.55. The van der Waals surface area contributed by atoms with Gasteiger partial charge in [0.2, 0.25) is 0 Å². The van der Waals surface area contributed by atoms with Gasteiger partial charge in [0.15, 0.2) is 0 Å². The van der Waals surface area contributed by atoms with E-state index in [2.05, 4.69) is 55.8 Å². The van der Waals surface area contributed by atoms with Gasteiger partial charge < -0.3 is 0 Å². The first kappa shape index (κ1) is 17.1. The van der Waals surface area contributed by atoms with E-state index in [1.54, 1.807) is 16.7 Å². The third-order valence-electron chi connectivity index (χ3n) is 5.44. The largest absolute Gasteiger partial charge is 0.0833 e. The Kier molecular flexibility index (Phi) is 5.94. The van der Waals surface area contributed by atoms with Crippen LogP contribution >= 0.6 is 15.9 Å². The van der Waals surface area contributed by atoms with Crippen LogP contribution < -0.4 is 0 Å². The second-order valence-electron chi connectivity index (χ2n) is 6.97. The quantitative estimate of drug-likeness (QED) is 0.513. The minimum absolute atomic E-state index is 0.430. The van der Waals surface area contributed by atoms with Crippen LogP contribution in [0.25, 0.3) is 0 Å². The highest BCUT2D eigenvalue weighted by Gasteiger charge is 2.36. The summed E-state index contributed by atoms with van der Waals surface area (Å²) in [5.74, 6) is 0. The Morgan fingerprint density at radius 1 is 0.952 bits per heavy atom. The monoisotopic (exact) mass is 350 g/mol. The van der Waals surface area contributed by atoms with Gasteiger partial charge >= 0.3 is 0 Å². The van der Waals surface area contributed by atoms with Crippen molar-refractivity contribution in [2.75, 3.05) is 0 Å². The summed E-state index contributed by atoms with van der Waals surface area (Å²) in [4.78, 5) is 0.515. The number of hydrogen-bond acceptors (Lipinski definition) is 0. The van der Waals surface area contributed by atoms with E-state index in [4.69, 9.17) is 0 Å². The van der Waals surface area contributed by atoms with Crippen LogP contribution in [0.5, 0.6) is 0 Å². The summed E-state index contributed by atoms with van der Waals surface area (Å²) in [5, 5.41) is 0. The van der Waals surface area contributed by atoms with E-state index < -0.39 is 0 Å². The molecule has 118 valence electrons. The van der Waals surface area contributed by atoms with Crippen LogP contribution in [0.3, 0.4) is 0 Å². The summed E-state index contributed by atoms with van der Waals surface area (Å²) in [6.07, 6.45) is 10.4. The Balaban J connectivity index is 2.45. The van der Waals surface area contributed by atoms with Gasteiger partial charge in [0, 0.05) is 4.83 Å². The molecule has 1 aromatic rings. The first-order valence-electron chi connectivity index (χ1n) is 8.84. The second-order valence-corrected chi connectivity index (χ2v) is 7.88. The highest BCUT2D eigenvalue weighted by Crippen LogP contribution is 2.51. The molecule has 2 rings (SSSR count). The molecule has 0 saturated heterocycles. The Labute approximate surface area is 139 Å². The Hall–Kier alpha value is -0.300. The molecule has 0 spiro atoms. The molecule has 1 aliphatic rings. The number of alkyl halides is 1. The summed E-state index contributed by atoms with van der Waals surface area (Å²) < 4.78 is 0. The lowest BCUT2D eigenvalue weighted by Gasteiger charge is -2.40. The van der Waals surface area contributed by atoms with Crippen molar-refractivity contribution in [1.82, 2.24) is 0 Å². The molecular formula is C20H31Br. The molecule has 1 unspecified atom stereocenters. The Bertz CT molecular complexity index is 444. The maximum absolute atomic E-state index is 4.13. The fourth-order valence-corrected chi connectivity index (χ4v) is 4.97. The summed E-state index contributed by atoms with van der Waals surface area (Å²) in [6, 6.07) is 4.91. The zero-order valence-electron chi connectivity index (χ0n) is 14.3. The molecule has 1 atom stereocenters. The summed E-state index contributed by atoms with van der Waals surface area (Å²) in [5.41, 5.74) is 6.68. The standard InChI is InChI=1S/C20H31Br/c1-5-15-13-16(6-2)18(17(7-3)14-15)19(21)20(4)11-9-8-10-12-20/h13-14,19H,5-12H2,1-4H3. The van der Waals surface area contributed by atoms with E-state index in [0.717, 1.165) is 19.3 Å². The lowest BCUT2D eigenvalue weighted by Crippen LogP contribution is -2.26. The van der Waals surface area contributed by atoms with Crippen LogP contribution in [-0.2, 0) is 19.3 Å². The van der Waals surface area contributed by atoms with Gasteiger partial charge in [-0.15, -0.1) is 0 Å². The van der Waals surface area contributed by atoms with Gasteiger partial charge in [-0.2, -0.15) is 0 Å². The van der Waals surface area contributed by atoms with E-state index >= 15 is 0 Å². The molecule has 0 nitrogen and oxygen atoms in total. The van der Waals surface area contributed by atoms with Crippen LogP contribution in [0.2, 0.25) is 0 Å². The normalized spacial score (nSPS) is 19.5. The van der Waals surface area contributed by atoms with Crippen molar-refractivity contribution in [3.05, 3.63) is 34.4 Å². The van der Waals surface area contributed by atoms with Gasteiger partial charge in [-0.25, -0.2) is 0 Å². The zero-order valence-corrected chi connectivity index (χ0v) is 15.9. The molecule has 1 aliphatic carbocycles. The lowest BCUT2D eigenvalue weighted by atomic mass is 9.70. The van der Waals surface area contributed by atoms with E-state index in [0.29, 0.717) is 10.2 Å². The fraction of sp³-hybridized carbons (Fsp3) is 0.700. The first-order valence-corrected chi connectivity index (χ1v) is 9.76. The Morgan fingerprint density at radius 3 is 1.90 bits per heavy atom. The molecule has 0 heterocycles. The van der Waals surface area contributed by atoms with Gasteiger partial charge in [-0.3, -0.25) is 0 Å². The van der Waals surface area contributed by atoms with Crippen molar-refractivity contribution >= 4 is 15.9 Å². The molecule has 0 bridgehead atoms. The smallest absolute Gasteiger partial charge is 0.0454 e. The minimum Gasteiger partial charge on any atom is -0.0833 e. The van der Waals surface area contributed by atoms with Crippen molar-refractivity contribution in [1.29, 1.82) is 0 Å². The average Bonchev–Trinajstić information content (AvgIpc) is 2.53. The van der Waals surface area contributed by atoms with Gasteiger partial charge in [0.1, 0.15) is 0 Å². The summed E-state index contributed by atoms with van der Waals surface area (Å²) in [6.45, 7) is 9.38. The molecule has 0 radical (unpaired) electrons. The van der Waals surface area contributed by atoms with Crippen LogP contribution in [0.15, 0.2) is 12.1 Å². The molecule has 21 heavy (non-hydrogen) atoms. The molecule has 1 saturated carbocycles. The van der Waals surface area contributed by atoms with Crippen molar-refractivity contribution in [2.24, 2.45) is 5.41 Å². The highest BCUT2D eigenvalue weighted by molar-refractivity contribution is 9.09. The SMILES string of the molecule is CCc1cc(CC)c(C(Br)C2(C)CCCCC2)c(CC)c1. The van der Waals surface area contributed by atoms with E-state index in [1.807, 2.05) is 0 Å². The van der Waals surface area contributed by atoms with Crippen molar-refractivity contribution in [3.8, 4) is 0 Å². The van der Waals surface area contributed by atoms with Crippen molar-refractivity contribution in [2.45, 2.75) is 83.9 Å². The third-order valence-corrected chi connectivity index (χ3v) is 7.01. The first-order chi connectivity index (χ1) is 10.1. The van der Waals surface area contributed by atoms with Crippen molar-refractivity contribution in [3.63, 3.8) is 0 Å². The number of halogens is 1. The van der Waals surface area contributed by atoms with E-state index in [9.17, 15) is 0 Å². The number of hydrogen-bond donors (Lipinski definition) is 0. The van der Waals surface area contributed by atoms with Gasteiger partial charge in [-0.05, 0) is 59.8 Å². The molecule has 0 N–H and O–H groups in total. The average molecular weight is 351 g/mol. The fourth-order valence-electron chi connectivity index (χ4n) is 3.93. The van der Waals surface area contributed by atoms with Gasteiger partial charge in [0.25, 0.3) is 0 Å². The molecule has 0 aromatic heterocycles. The second kappa shape index (κ2) is 7.31. The van der Waals surface area contributed by atoms with Gasteiger partial charge in [0.05, 0.1) is 0 Å². The number of aryl methyl sites for hydroxylation is 3. The van der Waals surface area contributed by atoms with E-state index in [1.165, 1.54) is 37.7 Å². The molecule has 1 fully saturated rings. The minimum atomic E-state index is 0.430. The maximum Gasteiger partial charge on any atom is 0.0454 e. The summed E-state index contributed by atoms with van der Waals surface area (Å²) in [7, 11) is 0. The number of benzene rings is 1. The van der Waals surface area contributed by atoms with Crippen LogP contribution in [-0.4, -0.2) is 0 Å². The predicted molar refractivity (Wildman–Crippen MR) is 97.4 cm³/mol. The maximum atomic E-state index is 4.13. The lowest BCUT2D eigenvalue weighted by molar-refractivity contribution is 0.212. The van der Waals surface area contributed by atoms with Crippen molar-refractivity contribution < 1.29 is 0 Å². The highest BCUT2D eigenvalue weighted by atomic mass is 79.9.